The van der Waals surface area contributed by atoms with Crippen LogP contribution < -0.4 is 5.43 Å². The molecule has 0 amide bonds. The third kappa shape index (κ3) is 1.93. The Kier molecular flexibility index (Phi) is 2.49. The van der Waals surface area contributed by atoms with Crippen LogP contribution in [0, 0.1) is 0 Å². The highest BCUT2D eigenvalue weighted by molar-refractivity contribution is 5.16. The molecule has 0 aliphatic carbocycles. The van der Waals surface area contributed by atoms with Gasteiger partial charge in [0.2, 0.25) is 0 Å². The van der Waals surface area contributed by atoms with Crippen molar-refractivity contribution in [2.45, 2.75) is 13.0 Å². The fraction of sp³-hybridized carbons (Fsp3) is 0.182. The summed E-state index contributed by atoms with van der Waals surface area (Å²) in [4.78, 5) is 3.99. The number of rotatable bonds is 3. The van der Waals surface area contributed by atoms with Crippen molar-refractivity contribution in [2.75, 3.05) is 5.43 Å². The molecule has 0 aliphatic rings. The summed E-state index contributed by atoms with van der Waals surface area (Å²) < 4.78 is 1.95. The molecule has 72 valence electrons. The minimum Gasteiger partial charge on any atom is -0.319 e. The van der Waals surface area contributed by atoms with E-state index in [1.165, 1.54) is 5.56 Å². The maximum atomic E-state index is 3.99. The van der Waals surface area contributed by atoms with E-state index in [0.29, 0.717) is 0 Å². The third-order valence-corrected chi connectivity index (χ3v) is 2.15. The van der Waals surface area contributed by atoms with Crippen molar-refractivity contribution >= 4 is 0 Å². The van der Waals surface area contributed by atoms with Gasteiger partial charge in [-0.05, 0) is 36.8 Å². The molecule has 1 atom stereocenters. The maximum absolute atomic E-state index is 3.99. The first kappa shape index (κ1) is 8.81. The van der Waals surface area contributed by atoms with Gasteiger partial charge < -0.3 is 5.43 Å². The topological polar surface area (TPSA) is 29.9 Å². The number of hydrogen-bond donors (Lipinski definition) is 1. The zero-order valence-electron chi connectivity index (χ0n) is 8.09. The second-order valence-corrected chi connectivity index (χ2v) is 3.22. The lowest BCUT2D eigenvalue weighted by atomic mass is 10.1. The Bertz CT molecular complexity index is 367. The molecular weight excluding hydrogens is 174 g/mol. The maximum Gasteiger partial charge on any atom is 0.0646 e. The van der Waals surface area contributed by atoms with Crippen LogP contribution in [-0.2, 0) is 0 Å². The Morgan fingerprint density at radius 2 is 1.86 bits per heavy atom. The van der Waals surface area contributed by atoms with Crippen LogP contribution in [0.2, 0.25) is 0 Å². The van der Waals surface area contributed by atoms with Crippen LogP contribution in [-0.4, -0.2) is 9.66 Å². The van der Waals surface area contributed by atoms with Gasteiger partial charge in [-0.25, -0.2) is 0 Å². The zero-order valence-corrected chi connectivity index (χ0v) is 8.09. The molecule has 0 radical (unpaired) electrons. The molecule has 2 aromatic rings. The quantitative estimate of drug-likeness (QED) is 0.798. The molecule has 3 nitrogen and oxygen atoms in total. The minimum atomic E-state index is 0.283. The zero-order chi connectivity index (χ0) is 9.80. The van der Waals surface area contributed by atoms with E-state index in [2.05, 4.69) is 17.3 Å². The lowest BCUT2D eigenvalue weighted by molar-refractivity contribution is 0.727. The molecular formula is C11H13N3. The van der Waals surface area contributed by atoms with E-state index in [4.69, 9.17) is 0 Å². The van der Waals surface area contributed by atoms with Crippen molar-refractivity contribution < 1.29 is 0 Å². The first-order valence-electron chi connectivity index (χ1n) is 4.66. The van der Waals surface area contributed by atoms with Crippen molar-refractivity contribution in [1.29, 1.82) is 0 Å². The predicted molar refractivity (Wildman–Crippen MR) is 56.4 cm³/mol. The fourth-order valence-electron chi connectivity index (χ4n) is 1.37. The lowest BCUT2D eigenvalue weighted by Crippen LogP contribution is -2.16. The molecule has 0 aromatic carbocycles. The van der Waals surface area contributed by atoms with Gasteiger partial charge in [0, 0.05) is 24.8 Å². The van der Waals surface area contributed by atoms with Crippen molar-refractivity contribution in [3.8, 4) is 0 Å². The summed E-state index contributed by atoms with van der Waals surface area (Å²) in [6.07, 6.45) is 7.59. The van der Waals surface area contributed by atoms with E-state index in [9.17, 15) is 0 Å². The molecule has 2 aromatic heterocycles. The Morgan fingerprint density at radius 1 is 1.21 bits per heavy atom. The summed E-state index contributed by atoms with van der Waals surface area (Å²) in [5, 5.41) is 0. The van der Waals surface area contributed by atoms with Crippen LogP contribution in [0.25, 0.3) is 0 Å². The normalized spacial score (nSPS) is 12.4. The van der Waals surface area contributed by atoms with E-state index in [1.807, 2.05) is 53.7 Å². The first-order valence-corrected chi connectivity index (χ1v) is 4.66. The molecule has 1 unspecified atom stereocenters. The fourth-order valence-corrected chi connectivity index (χ4v) is 1.37. The second-order valence-electron chi connectivity index (χ2n) is 3.22. The predicted octanol–water partition coefficient (Wildman–Crippen LogP) is 2.19. The molecule has 0 saturated heterocycles. The van der Waals surface area contributed by atoms with Crippen LogP contribution in [0.1, 0.15) is 18.5 Å². The van der Waals surface area contributed by atoms with Crippen molar-refractivity contribution in [2.24, 2.45) is 0 Å². The molecule has 0 saturated carbocycles. The van der Waals surface area contributed by atoms with Gasteiger partial charge in [0.1, 0.15) is 0 Å². The summed E-state index contributed by atoms with van der Waals surface area (Å²) in [6, 6.07) is 8.30. The summed E-state index contributed by atoms with van der Waals surface area (Å²) in [7, 11) is 0. The van der Waals surface area contributed by atoms with Crippen molar-refractivity contribution in [3.63, 3.8) is 0 Å². The van der Waals surface area contributed by atoms with E-state index in [1.54, 1.807) is 0 Å². The molecule has 1 N–H and O–H groups in total. The number of aromatic nitrogens is 2. The van der Waals surface area contributed by atoms with Crippen LogP contribution in [0.5, 0.6) is 0 Å². The molecule has 2 rings (SSSR count). The summed E-state index contributed by atoms with van der Waals surface area (Å²) in [5.41, 5.74) is 4.56. The van der Waals surface area contributed by atoms with Gasteiger partial charge in [-0.2, -0.15) is 0 Å². The van der Waals surface area contributed by atoms with Gasteiger partial charge in [-0.3, -0.25) is 9.66 Å². The van der Waals surface area contributed by atoms with Gasteiger partial charge in [-0.1, -0.05) is 0 Å². The van der Waals surface area contributed by atoms with Crippen LogP contribution >= 0.6 is 0 Å². The van der Waals surface area contributed by atoms with Gasteiger partial charge >= 0.3 is 0 Å². The van der Waals surface area contributed by atoms with Gasteiger partial charge in [-0.15, -0.1) is 0 Å². The van der Waals surface area contributed by atoms with Crippen LogP contribution in [0.3, 0.4) is 0 Å². The van der Waals surface area contributed by atoms with E-state index in [0.717, 1.165) is 0 Å². The van der Waals surface area contributed by atoms with E-state index < -0.39 is 0 Å². The average Bonchev–Trinajstić information content (AvgIpc) is 2.72. The third-order valence-electron chi connectivity index (χ3n) is 2.15. The lowest BCUT2D eigenvalue weighted by Gasteiger charge is -2.15. The Hall–Kier alpha value is -1.77. The Morgan fingerprint density at radius 3 is 2.50 bits per heavy atom. The number of hydrogen-bond acceptors (Lipinski definition) is 2. The molecule has 0 aliphatic heterocycles. The SMILES string of the molecule is CC(Nn1cccc1)c1ccncc1. The molecule has 3 heteroatoms. The first-order chi connectivity index (χ1) is 6.86. The smallest absolute Gasteiger partial charge is 0.0646 e. The van der Waals surface area contributed by atoms with Gasteiger partial charge in [0.15, 0.2) is 0 Å². The summed E-state index contributed by atoms with van der Waals surface area (Å²) >= 11 is 0. The molecule has 14 heavy (non-hydrogen) atoms. The van der Waals surface area contributed by atoms with Crippen LogP contribution in [0.15, 0.2) is 49.1 Å². The number of pyridine rings is 1. The van der Waals surface area contributed by atoms with Crippen molar-refractivity contribution in [1.82, 2.24) is 9.66 Å². The Balaban J connectivity index is 2.07. The molecule has 0 spiro atoms. The highest BCUT2D eigenvalue weighted by atomic mass is 15.4. The summed E-state index contributed by atoms with van der Waals surface area (Å²) in [5.74, 6) is 0. The standard InChI is InChI=1S/C11H13N3/c1-10(11-4-6-12-7-5-11)13-14-8-2-3-9-14/h2-10,13H,1H3. The highest BCUT2D eigenvalue weighted by Gasteiger charge is 2.02. The monoisotopic (exact) mass is 187 g/mol. The average molecular weight is 187 g/mol. The minimum absolute atomic E-state index is 0.283. The highest BCUT2D eigenvalue weighted by Crippen LogP contribution is 2.11. The second kappa shape index (κ2) is 3.96. The van der Waals surface area contributed by atoms with Gasteiger partial charge in [0.25, 0.3) is 0 Å². The van der Waals surface area contributed by atoms with Crippen LogP contribution in [0.4, 0.5) is 0 Å². The van der Waals surface area contributed by atoms with Gasteiger partial charge in [0.05, 0.1) is 6.04 Å². The number of nitrogens with one attached hydrogen (secondary N) is 1. The Labute approximate surface area is 83.4 Å². The molecule has 0 fully saturated rings. The van der Waals surface area contributed by atoms with E-state index >= 15 is 0 Å². The molecule has 2 heterocycles. The van der Waals surface area contributed by atoms with E-state index in [-0.39, 0.29) is 6.04 Å². The summed E-state index contributed by atoms with van der Waals surface area (Å²) in [6.45, 7) is 2.12. The molecule has 0 bridgehead atoms. The van der Waals surface area contributed by atoms with Crippen molar-refractivity contribution in [3.05, 3.63) is 54.6 Å². The largest absolute Gasteiger partial charge is 0.319 e. The number of nitrogens with zero attached hydrogens (tertiary/aromatic N) is 2.